The summed E-state index contributed by atoms with van der Waals surface area (Å²) in [5, 5.41) is 6.84. The van der Waals surface area contributed by atoms with Crippen LogP contribution < -0.4 is 16.4 Å². The van der Waals surface area contributed by atoms with Crippen LogP contribution in [0.4, 0.5) is 20.2 Å². The van der Waals surface area contributed by atoms with E-state index in [0.29, 0.717) is 27.7 Å². The molecule has 0 saturated carbocycles. The minimum atomic E-state index is -0.741. The first kappa shape index (κ1) is 25.9. The number of aromatic amines is 1. The number of carbonyl (C=O) groups excluding carboxylic acids is 2. The van der Waals surface area contributed by atoms with Crippen LogP contribution in [0.1, 0.15) is 51.6 Å². The van der Waals surface area contributed by atoms with Crippen molar-refractivity contribution < 1.29 is 18.4 Å². The van der Waals surface area contributed by atoms with Crippen LogP contribution in [0.3, 0.4) is 0 Å². The maximum atomic E-state index is 15.9. The molecule has 0 aliphatic heterocycles. The van der Waals surface area contributed by atoms with Gasteiger partial charge < -0.3 is 21.4 Å². The number of hydrogen-bond donors (Lipinski definition) is 4. The highest BCUT2D eigenvalue weighted by Gasteiger charge is 2.23. The van der Waals surface area contributed by atoms with Gasteiger partial charge in [-0.05, 0) is 59.9 Å². The highest BCUT2D eigenvalue weighted by atomic mass is 19.1. The minimum Gasteiger partial charge on any atom is -0.385 e. The predicted octanol–water partition coefficient (Wildman–Crippen LogP) is 7.09. The van der Waals surface area contributed by atoms with Gasteiger partial charge in [0.15, 0.2) is 0 Å². The van der Waals surface area contributed by atoms with Crippen LogP contribution in [0.25, 0.3) is 32.9 Å². The normalized spacial score (nSPS) is 11.4. The molecule has 39 heavy (non-hydrogen) atoms. The Hall–Kier alpha value is -4.72. The van der Waals surface area contributed by atoms with Crippen molar-refractivity contribution in [3.8, 4) is 11.1 Å². The van der Waals surface area contributed by atoms with Crippen LogP contribution in [0, 0.1) is 18.6 Å². The van der Waals surface area contributed by atoms with Gasteiger partial charge in [0.25, 0.3) is 11.8 Å². The molecule has 8 heteroatoms. The van der Waals surface area contributed by atoms with E-state index in [1.54, 1.807) is 25.1 Å². The summed E-state index contributed by atoms with van der Waals surface area (Å²) in [5.41, 5.74) is 10.1. The van der Waals surface area contributed by atoms with E-state index in [1.165, 1.54) is 25.2 Å². The Balaban J connectivity index is 1.70. The zero-order valence-corrected chi connectivity index (χ0v) is 22.0. The fourth-order valence-corrected chi connectivity index (χ4v) is 5.08. The molecule has 2 amide bonds. The van der Waals surface area contributed by atoms with Gasteiger partial charge in [0.1, 0.15) is 11.6 Å². The fraction of sp³-hybridized carbons (Fsp3) is 0.161. The van der Waals surface area contributed by atoms with Crippen LogP contribution >= 0.6 is 0 Å². The number of halogens is 2. The number of rotatable bonds is 6. The lowest BCUT2D eigenvalue weighted by molar-refractivity contribution is 0.0998. The summed E-state index contributed by atoms with van der Waals surface area (Å²) in [5.74, 6) is -2.14. The van der Waals surface area contributed by atoms with E-state index in [-0.39, 0.29) is 28.3 Å². The number of aromatic nitrogens is 1. The molecule has 4 aromatic carbocycles. The number of primary amides is 1. The first-order valence-electron chi connectivity index (χ1n) is 12.6. The molecule has 198 valence electrons. The number of anilines is 2. The molecule has 0 aliphatic carbocycles. The molecule has 0 saturated heterocycles. The molecule has 6 nitrogen and oxygen atoms in total. The van der Waals surface area contributed by atoms with Crippen molar-refractivity contribution >= 4 is 45.0 Å². The molecule has 5 N–H and O–H groups in total. The van der Waals surface area contributed by atoms with Gasteiger partial charge in [0.05, 0.1) is 22.3 Å². The average molecular weight is 527 g/mol. The van der Waals surface area contributed by atoms with Crippen molar-refractivity contribution in [2.45, 2.75) is 26.7 Å². The Morgan fingerprint density at radius 1 is 0.949 bits per heavy atom. The lowest BCUT2D eigenvalue weighted by Crippen LogP contribution is -2.16. The van der Waals surface area contributed by atoms with E-state index in [9.17, 15) is 14.0 Å². The monoisotopic (exact) mass is 526 g/mol. The second-order valence-electron chi connectivity index (χ2n) is 9.82. The van der Waals surface area contributed by atoms with E-state index in [1.807, 2.05) is 18.2 Å². The molecule has 5 rings (SSSR count). The van der Waals surface area contributed by atoms with E-state index < -0.39 is 23.4 Å². The van der Waals surface area contributed by atoms with Crippen molar-refractivity contribution in [2.24, 2.45) is 5.73 Å². The van der Waals surface area contributed by atoms with Gasteiger partial charge in [-0.1, -0.05) is 44.2 Å². The lowest BCUT2D eigenvalue weighted by Gasteiger charge is -2.16. The summed E-state index contributed by atoms with van der Waals surface area (Å²) in [7, 11) is 1.54. The van der Waals surface area contributed by atoms with Gasteiger partial charge in [-0.2, -0.15) is 0 Å². The molecule has 0 atom stereocenters. The second kappa shape index (κ2) is 9.87. The number of para-hydroxylation sites is 1. The van der Waals surface area contributed by atoms with E-state index >= 15 is 4.39 Å². The lowest BCUT2D eigenvalue weighted by atomic mass is 9.92. The summed E-state index contributed by atoms with van der Waals surface area (Å²) >= 11 is 0. The second-order valence-corrected chi connectivity index (χ2v) is 9.82. The van der Waals surface area contributed by atoms with Crippen molar-refractivity contribution in [3.05, 3.63) is 94.6 Å². The van der Waals surface area contributed by atoms with Crippen molar-refractivity contribution in [1.29, 1.82) is 0 Å². The Morgan fingerprint density at radius 3 is 2.38 bits per heavy atom. The van der Waals surface area contributed by atoms with Gasteiger partial charge >= 0.3 is 0 Å². The van der Waals surface area contributed by atoms with Crippen molar-refractivity contribution in [3.63, 3.8) is 0 Å². The van der Waals surface area contributed by atoms with Gasteiger partial charge in [0, 0.05) is 34.6 Å². The molecule has 0 radical (unpaired) electrons. The van der Waals surface area contributed by atoms with Crippen LogP contribution in [0.15, 0.2) is 60.7 Å². The Kier molecular flexibility index (Phi) is 6.56. The minimum absolute atomic E-state index is 0.0568. The third-order valence-electron chi connectivity index (χ3n) is 7.14. The third-order valence-corrected chi connectivity index (χ3v) is 7.14. The number of hydrogen-bond acceptors (Lipinski definition) is 3. The summed E-state index contributed by atoms with van der Waals surface area (Å²) in [6.07, 6.45) is 0. The number of fused-ring (bicyclic) bond motifs is 3. The standard InChI is InChI=1S/C31H28F2N4O2/c1-15(2)17-11-12-19-25(13-17)36-29-21(30(34)38)14-23(33)26(27(19)29)18-7-6-10-24(16(18)3)37-31(39)20-8-5-9-22(32)28(20)35-4/h5-15,35-36H,1-4H3,(H2,34,38)(H,37,39). The molecule has 1 aromatic heterocycles. The SMILES string of the molecule is CNc1c(F)cccc1C(=O)Nc1cccc(-c2c(F)cc(C(N)=O)c3[nH]c4cc(C(C)C)ccc4c23)c1C. The molecule has 5 aromatic rings. The number of nitrogens with two attached hydrogens (primary N) is 1. The van der Waals surface area contributed by atoms with E-state index in [4.69, 9.17) is 5.73 Å². The number of nitrogens with one attached hydrogen (secondary N) is 3. The van der Waals surface area contributed by atoms with E-state index in [2.05, 4.69) is 29.5 Å². The smallest absolute Gasteiger partial charge is 0.257 e. The van der Waals surface area contributed by atoms with E-state index in [0.717, 1.165) is 22.5 Å². The third kappa shape index (κ3) is 4.37. The molecule has 1 heterocycles. The molecule has 0 bridgehead atoms. The quantitative estimate of drug-likeness (QED) is 0.190. The highest BCUT2D eigenvalue weighted by Crippen LogP contribution is 2.41. The summed E-state index contributed by atoms with van der Waals surface area (Å²) in [4.78, 5) is 28.7. The fourth-order valence-electron chi connectivity index (χ4n) is 5.08. The number of carbonyl (C=O) groups is 2. The predicted molar refractivity (Wildman–Crippen MR) is 152 cm³/mol. The van der Waals surface area contributed by atoms with Crippen LogP contribution in [-0.2, 0) is 0 Å². The van der Waals surface area contributed by atoms with Gasteiger partial charge in [-0.25, -0.2) is 8.78 Å². The van der Waals surface area contributed by atoms with Crippen LogP contribution in [0.5, 0.6) is 0 Å². The first-order chi connectivity index (χ1) is 18.6. The summed E-state index contributed by atoms with van der Waals surface area (Å²) in [6, 6.07) is 16.5. The largest absolute Gasteiger partial charge is 0.385 e. The summed E-state index contributed by atoms with van der Waals surface area (Å²) in [6.45, 7) is 5.93. The zero-order valence-electron chi connectivity index (χ0n) is 22.0. The number of benzene rings is 4. The van der Waals surface area contributed by atoms with Crippen LogP contribution in [-0.4, -0.2) is 23.8 Å². The maximum Gasteiger partial charge on any atom is 0.257 e. The molecular formula is C31H28F2N4O2. The maximum absolute atomic E-state index is 15.9. The summed E-state index contributed by atoms with van der Waals surface area (Å²) < 4.78 is 30.1. The zero-order chi connectivity index (χ0) is 28.0. The van der Waals surface area contributed by atoms with Crippen molar-refractivity contribution in [2.75, 3.05) is 17.7 Å². The van der Waals surface area contributed by atoms with Gasteiger partial charge in [-0.3, -0.25) is 9.59 Å². The average Bonchev–Trinajstić information content (AvgIpc) is 3.28. The number of H-pyrrole nitrogens is 1. The van der Waals surface area contributed by atoms with Gasteiger partial charge in [0.2, 0.25) is 0 Å². The van der Waals surface area contributed by atoms with Crippen LogP contribution in [0.2, 0.25) is 0 Å². The molecule has 0 fully saturated rings. The molecular weight excluding hydrogens is 498 g/mol. The molecule has 0 spiro atoms. The Labute approximate surface area is 224 Å². The Morgan fingerprint density at radius 2 is 1.69 bits per heavy atom. The molecule has 0 aliphatic rings. The highest BCUT2D eigenvalue weighted by molar-refractivity contribution is 6.20. The van der Waals surface area contributed by atoms with Crippen molar-refractivity contribution in [1.82, 2.24) is 4.98 Å². The first-order valence-corrected chi connectivity index (χ1v) is 12.6. The topological polar surface area (TPSA) is 100 Å². The molecule has 0 unspecified atom stereocenters. The van der Waals surface area contributed by atoms with Gasteiger partial charge in [-0.15, -0.1) is 0 Å². The Bertz CT molecular complexity index is 1790. The number of amides is 2.